The molecule has 21 heavy (non-hydrogen) atoms. The molecule has 0 spiro atoms. The van der Waals surface area contributed by atoms with Gasteiger partial charge in [-0.05, 0) is 17.7 Å². The molecule has 1 N–H and O–H groups in total. The number of nitrogens with zero attached hydrogens (tertiary/aromatic N) is 1. The first-order valence-electron chi connectivity index (χ1n) is 6.83. The number of benzene rings is 2. The summed E-state index contributed by atoms with van der Waals surface area (Å²) in [4.78, 5) is 12.6. The van der Waals surface area contributed by atoms with E-state index >= 15 is 0 Å². The fourth-order valence-corrected chi connectivity index (χ4v) is 2.46. The van der Waals surface area contributed by atoms with E-state index in [9.17, 15) is 4.79 Å². The van der Waals surface area contributed by atoms with Gasteiger partial charge in [0.15, 0.2) is 0 Å². The van der Waals surface area contributed by atoms with Crippen LogP contribution in [0, 0.1) is 0 Å². The van der Waals surface area contributed by atoms with Crippen molar-refractivity contribution in [1.82, 2.24) is 5.43 Å². The molecule has 0 radical (unpaired) electrons. The maximum atomic E-state index is 12.6. The molecule has 2 aromatic rings. The molecule has 4 heteroatoms. The van der Waals surface area contributed by atoms with Crippen molar-refractivity contribution in [2.24, 2.45) is 5.10 Å². The van der Waals surface area contributed by atoms with Gasteiger partial charge in [0.2, 0.25) is 5.78 Å². The molecule has 1 aliphatic rings. The predicted molar refractivity (Wildman–Crippen MR) is 81.9 cm³/mol. The number of Topliss-reactive ketones (excluding diaryl/α,β-unsaturated/α-hetero) is 1. The molecule has 0 aliphatic carbocycles. The quantitative estimate of drug-likeness (QED) is 0.876. The number of carbonyl (C=O) groups is 1. The molecular formula is C17H16N2O2. The van der Waals surface area contributed by atoms with Gasteiger partial charge in [-0.15, -0.1) is 0 Å². The van der Waals surface area contributed by atoms with Crippen LogP contribution in [0.5, 0.6) is 5.75 Å². The van der Waals surface area contributed by atoms with Gasteiger partial charge in [-0.1, -0.05) is 42.5 Å². The number of hydrazone groups is 1. The van der Waals surface area contributed by atoms with Crippen molar-refractivity contribution in [3.63, 3.8) is 0 Å². The van der Waals surface area contributed by atoms with Gasteiger partial charge in [0, 0.05) is 12.1 Å². The summed E-state index contributed by atoms with van der Waals surface area (Å²) in [6.45, 7) is 0.639. The molecule has 0 saturated heterocycles. The van der Waals surface area contributed by atoms with Crippen molar-refractivity contribution < 1.29 is 9.53 Å². The molecule has 106 valence electrons. The molecule has 0 aromatic heterocycles. The predicted octanol–water partition coefficient (Wildman–Crippen LogP) is 2.62. The van der Waals surface area contributed by atoms with Crippen LogP contribution in [-0.4, -0.2) is 25.1 Å². The van der Waals surface area contributed by atoms with Gasteiger partial charge in [0.1, 0.15) is 11.5 Å². The van der Waals surface area contributed by atoms with Gasteiger partial charge in [-0.2, -0.15) is 5.10 Å². The fraction of sp³-hybridized carbons (Fsp3) is 0.176. The second-order valence-corrected chi connectivity index (χ2v) is 4.88. The molecule has 0 amide bonds. The lowest BCUT2D eigenvalue weighted by molar-refractivity contribution is 0.106. The molecule has 4 nitrogen and oxygen atoms in total. The second-order valence-electron chi connectivity index (χ2n) is 4.88. The van der Waals surface area contributed by atoms with E-state index in [4.69, 9.17) is 4.74 Å². The highest BCUT2D eigenvalue weighted by atomic mass is 16.5. The van der Waals surface area contributed by atoms with Crippen LogP contribution in [0.2, 0.25) is 0 Å². The zero-order chi connectivity index (χ0) is 14.7. The molecule has 1 heterocycles. The summed E-state index contributed by atoms with van der Waals surface area (Å²) in [5.74, 6) is 0.752. The maximum absolute atomic E-state index is 12.6. The molecule has 0 unspecified atom stereocenters. The Morgan fingerprint density at radius 2 is 1.86 bits per heavy atom. The van der Waals surface area contributed by atoms with Crippen molar-refractivity contribution in [2.75, 3.05) is 13.7 Å². The number of methoxy groups -OCH3 is 1. The van der Waals surface area contributed by atoms with Gasteiger partial charge in [-0.25, -0.2) is 0 Å². The molecule has 0 saturated carbocycles. The van der Waals surface area contributed by atoms with E-state index in [1.165, 1.54) is 0 Å². The average Bonchev–Trinajstić information content (AvgIpc) is 3.04. The Labute approximate surface area is 123 Å². The highest BCUT2D eigenvalue weighted by molar-refractivity contribution is 6.48. The highest BCUT2D eigenvalue weighted by Gasteiger charge is 2.29. The normalized spacial score (nSPS) is 17.0. The average molecular weight is 280 g/mol. The number of ether oxygens (including phenoxy) is 1. The van der Waals surface area contributed by atoms with Crippen molar-refractivity contribution in [1.29, 1.82) is 0 Å². The molecular weight excluding hydrogens is 264 g/mol. The largest absolute Gasteiger partial charge is 0.497 e. The topological polar surface area (TPSA) is 50.7 Å². The molecule has 2 aromatic carbocycles. The maximum Gasteiger partial charge on any atom is 0.209 e. The third kappa shape index (κ3) is 2.65. The first-order valence-corrected chi connectivity index (χ1v) is 6.83. The Balaban J connectivity index is 1.86. The summed E-state index contributed by atoms with van der Waals surface area (Å²) in [7, 11) is 1.64. The summed E-state index contributed by atoms with van der Waals surface area (Å²) < 4.78 is 5.16. The highest BCUT2D eigenvalue weighted by Crippen LogP contribution is 2.24. The molecule has 1 atom stereocenters. The number of ketones is 1. The minimum Gasteiger partial charge on any atom is -0.497 e. The van der Waals surface area contributed by atoms with Crippen LogP contribution in [-0.2, 0) is 0 Å². The minimum atomic E-state index is -0.0265. The fourth-order valence-electron chi connectivity index (χ4n) is 2.46. The van der Waals surface area contributed by atoms with Gasteiger partial charge < -0.3 is 10.2 Å². The van der Waals surface area contributed by atoms with Gasteiger partial charge in [-0.3, -0.25) is 4.79 Å². The Hall–Kier alpha value is -2.62. The Morgan fingerprint density at radius 3 is 2.52 bits per heavy atom. The number of hydrogen-bond donors (Lipinski definition) is 1. The smallest absolute Gasteiger partial charge is 0.209 e. The van der Waals surface area contributed by atoms with Crippen LogP contribution in [0.25, 0.3) is 0 Å². The van der Waals surface area contributed by atoms with E-state index in [0.29, 0.717) is 17.8 Å². The third-order valence-electron chi connectivity index (χ3n) is 3.61. The molecule has 0 bridgehead atoms. The van der Waals surface area contributed by atoms with Crippen LogP contribution >= 0.6 is 0 Å². The number of nitrogens with one attached hydrogen (secondary N) is 1. The van der Waals surface area contributed by atoms with Crippen molar-refractivity contribution >= 4 is 11.5 Å². The third-order valence-corrected chi connectivity index (χ3v) is 3.61. The van der Waals surface area contributed by atoms with Crippen LogP contribution in [0.3, 0.4) is 0 Å². The van der Waals surface area contributed by atoms with Gasteiger partial charge >= 0.3 is 0 Å². The van der Waals surface area contributed by atoms with Crippen LogP contribution in [0.15, 0.2) is 59.7 Å². The van der Waals surface area contributed by atoms with Gasteiger partial charge in [0.05, 0.1) is 13.0 Å². The lowest BCUT2D eigenvalue weighted by atomic mass is 9.90. The van der Waals surface area contributed by atoms with Crippen LogP contribution in [0.4, 0.5) is 0 Å². The molecule has 0 fully saturated rings. The minimum absolute atomic E-state index is 0.0244. The monoisotopic (exact) mass is 280 g/mol. The van der Waals surface area contributed by atoms with E-state index in [1.54, 1.807) is 7.11 Å². The Kier molecular flexibility index (Phi) is 3.69. The van der Waals surface area contributed by atoms with E-state index in [0.717, 1.165) is 11.3 Å². The van der Waals surface area contributed by atoms with E-state index in [2.05, 4.69) is 10.5 Å². The Morgan fingerprint density at radius 1 is 1.14 bits per heavy atom. The first-order chi connectivity index (χ1) is 10.3. The Bertz CT molecular complexity index is 663. The molecule has 1 aliphatic heterocycles. The number of carbonyl (C=O) groups excluding carboxylic acids is 1. The summed E-state index contributed by atoms with van der Waals surface area (Å²) in [5.41, 5.74) is 5.22. The van der Waals surface area contributed by atoms with Crippen molar-refractivity contribution in [3.05, 3.63) is 65.7 Å². The summed E-state index contributed by atoms with van der Waals surface area (Å²) in [6, 6.07) is 17.0. The lowest BCUT2D eigenvalue weighted by Crippen LogP contribution is -2.21. The van der Waals surface area contributed by atoms with E-state index in [-0.39, 0.29) is 11.7 Å². The van der Waals surface area contributed by atoms with E-state index in [1.807, 2.05) is 54.6 Å². The second kappa shape index (κ2) is 5.79. The molecule has 3 rings (SSSR count). The van der Waals surface area contributed by atoms with E-state index < -0.39 is 0 Å². The van der Waals surface area contributed by atoms with Crippen molar-refractivity contribution in [3.8, 4) is 5.75 Å². The zero-order valence-corrected chi connectivity index (χ0v) is 11.7. The first kappa shape index (κ1) is 13.4. The van der Waals surface area contributed by atoms with Crippen LogP contribution < -0.4 is 10.2 Å². The SMILES string of the molecule is COc1ccc([C@H]2CNN=C2C(=O)c2ccccc2)cc1. The van der Waals surface area contributed by atoms with Crippen LogP contribution in [0.1, 0.15) is 21.8 Å². The summed E-state index contributed by atoms with van der Waals surface area (Å²) >= 11 is 0. The van der Waals surface area contributed by atoms with Gasteiger partial charge in [0.25, 0.3) is 0 Å². The van der Waals surface area contributed by atoms with Crippen molar-refractivity contribution in [2.45, 2.75) is 5.92 Å². The lowest BCUT2D eigenvalue weighted by Gasteiger charge is -2.12. The number of hydrogen-bond acceptors (Lipinski definition) is 4. The summed E-state index contributed by atoms with van der Waals surface area (Å²) in [5, 5.41) is 4.20. The summed E-state index contributed by atoms with van der Waals surface area (Å²) in [6.07, 6.45) is 0. The number of rotatable bonds is 4. The zero-order valence-electron chi connectivity index (χ0n) is 11.7. The standard InChI is InChI=1S/C17H16N2O2/c1-21-14-9-7-12(8-10-14)15-11-18-19-16(15)17(20)13-5-3-2-4-6-13/h2-10,15,18H,11H2,1H3/t15-/m1/s1.